The van der Waals surface area contributed by atoms with Crippen molar-refractivity contribution in [3.63, 3.8) is 0 Å². The van der Waals surface area contributed by atoms with Gasteiger partial charge < -0.3 is 5.11 Å². The summed E-state index contributed by atoms with van der Waals surface area (Å²) >= 11 is 0. The molecule has 1 rings (SSSR count). The van der Waals surface area contributed by atoms with Crippen molar-refractivity contribution in [1.82, 2.24) is 0 Å². The van der Waals surface area contributed by atoms with E-state index in [0.717, 1.165) is 6.08 Å². The third-order valence-electron chi connectivity index (χ3n) is 2.53. The van der Waals surface area contributed by atoms with Gasteiger partial charge in [0.1, 0.15) is 0 Å². The van der Waals surface area contributed by atoms with E-state index < -0.39 is 11.4 Å². The Morgan fingerprint density at radius 3 is 2.18 bits per heavy atom. The van der Waals surface area contributed by atoms with Crippen LogP contribution in [0.3, 0.4) is 0 Å². The first kappa shape index (κ1) is 8.24. The molecule has 11 heavy (non-hydrogen) atoms. The fourth-order valence-corrected chi connectivity index (χ4v) is 1.48. The molecule has 0 aromatic carbocycles. The molecule has 0 aromatic rings. The Hall–Kier alpha value is -0.860. The van der Waals surface area contributed by atoms with Crippen LogP contribution in [-0.2, 0) is 4.79 Å². The summed E-state index contributed by atoms with van der Waals surface area (Å²) in [6, 6.07) is 0. The Balaban J connectivity index is 2.88. The summed E-state index contributed by atoms with van der Waals surface area (Å²) in [6.45, 7) is 3.64. The van der Waals surface area contributed by atoms with Crippen LogP contribution in [0.1, 0.15) is 20.3 Å². The molecule has 1 N–H and O–H groups in total. The fourth-order valence-electron chi connectivity index (χ4n) is 1.48. The summed E-state index contributed by atoms with van der Waals surface area (Å²) in [5.41, 5.74) is -1.23. The second kappa shape index (κ2) is 2.06. The summed E-state index contributed by atoms with van der Waals surface area (Å²) in [4.78, 5) is 10.7. The number of carboxylic acids is 1. The minimum atomic E-state index is -0.943. The van der Waals surface area contributed by atoms with Crippen molar-refractivity contribution >= 4 is 5.97 Å². The number of carboxylic acid groups (broad SMARTS) is 1. The molecule has 1 atom stereocenters. The van der Waals surface area contributed by atoms with Crippen LogP contribution in [0.5, 0.6) is 0 Å². The van der Waals surface area contributed by atoms with E-state index in [1.807, 2.05) is 13.8 Å². The highest BCUT2D eigenvalue weighted by Gasteiger charge is 2.65. The van der Waals surface area contributed by atoms with Gasteiger partial charge in [-0.25, -0.2) is 4.39 Å². The standard InChI is InChI=1S/C8H11FO2/c1-7(2)5-8(7,3-4-9)6(10)11/h3-4H,5H2,1-2H3,(H,10,11). The van der Waals surface area contributed by atoms with E-state index in [9.17, 15) is 9.18 Å². The lowest BCUT2D eigenvalue weighted by atomic mass is 9.96. The summed E-state index contributed by atoms with van der Waals surface area (Å²) in [7, 11) is 0. The quantitative estimate of drug-likeness (QED) is 0.667. The Morgan fingerprint density at radius 1 is 1.64 bits per heavy atom. The molecule has 0 amide bonds. The molecule has 1 aliphatic rings. The van der Waals surface area contributed by atoms with Crippen molar-refractivity contribution in [2.45, 2.75) is 20.3 Å². The molecule has 1 unspecified atom stereocenters. The lowest BCUT2D eigenvalue weighted by molar-refractivity contribution is -0.142. The average Bonchev–Trinajstić information content (AvgIpc) is 2.36. The van der Waals surface area contributed by atoms with Gasteiger partial charge in [-0.1, -0.05) is 13.8 Å². The number of rotatable bonds is 2. The van der Waals surface area contributed by atoms with Gasteiger partial charge >= 0.3 is 5.97 Å². The zero-order chi connectivity index (χ0) is 8.70. The van der Waals surface area contributed by atoms with Crippen molar-refractivity contribution in [2.75, 3.05) is 0 Å². The van der Waals surface area contributed by atoms with Crippen molar-refractivity contribution in [1.29, 1.82) is 0 Å². The van der Waals surface area contributed by atoms with Gasteiger partial charge in [-0.2, -0.15) is 0 Å². The van der Waals surface area contributed by atoms with Crippen LogP contribution in [0.2, 0.25) is 0 Å². The molecule has 0 aromatic heterocycles. The molecule has 62 valence electrons. The van der Waals surface area contributed by atoms with Gasteiger partial charge in [-0.15, -0.1) is 0 Å². The lowest BCUT2D eigenvalue weighted by Gasteiger charge is -2.08. The minimum Gasteiger partial charge on any atom is -0.481 e. The van der Waals surface area contributed by atoms with E-state index in [2.05, 4.69) is 0 Å². The summed E-state index contributed by atoms with van der Waals surface area (Å²) in [5.74, 6) is -0.934. The molecule has 3 heteroatoms. The zero-order valence-corrected chi connectivity index (χ0v) is 6.60. The van der Waals surface area contributed by atoms with Crippen LogP contribution in [0.4, 0.5) is 4.39 Å². The molecule has 0 heterocycles. The van der Waals surface area contributed by atoms with Gasteiger partial charge in [-0.05, 0) is 17.9 Å². The van der Waals surface area contributed by atoms with Crippen molar-refractivity contribution in [3.8, 4) is 0 Å². The number of carbonyl (C=O) groups is 1. The van der Waals surface area contributed by atoms with E-state index in [1.54, 1.807) is 0 Å². The highest BCUT2D eigenvalue weighted by Crippen LogP contribution is 2.64. The maximum atomic E-state index is 11.8. The number of hydrogen-bond donors (Lipinski definition) is 1. The molecule has 2 nitrogen and oxygen atoms in total. The maximum Gasteiger partial charge on any atom is 0.314 e. The SMILES string of the molecule is CC1(C)CC1(C=CF)C(=O)O. The monoisotopic (exact) mass is 158 g/mol. The zero-order valence-electron chi connectivity index (χ0n) is 6.60. The van der Waals surface area contributed by atoms with Crippen LogP contribution >= 0.6 is 0 Å². The Morgan fingerprint density at radius 2 is 2.09 bits per heavy atom. The normalized spacial score (nSPS) is 34.1. The molecule has 0 radical (unpaired) electrons. The van der Waals surface area contributed by atoms with Gasteiger partial charge in [0.25, 0.3) is 0 Å². The molecule has 0 saturated heterocycles. The largest absolute Gasteiger partial charge is 0.481 e. The van der Waals surface area contributed by atoms with Crippen LogP contribution in [0, 0.1) is 10.8 Å². The molecule has 1 fully saturated rings. The summed E-state index contributed by atoms with van der Waals surface area (Å²) < 4.78 is 11.8. The molecule has 1 saturated carbocycles. The Kier molecular flexibility index (Phi) is 1.54. The number of hydrogen-bond acceptors (Lipinski definition) is 1. The number of aliphatic carboxylic acids is 1. The van der Waals surface area contributed by atoms with E-state index in [-0.39, 0.29) is 5.41 Å². The van der Waals surface area contributed by atoms with Crippen LogP contribution < -0.4 is 0 Å². The second-order valence-corrected chi connectivity index (χ2v) is 3.63. The fraction of sp³-hybridized carbons (Fsp3) is 0.625. The Bertz CT molecular complexity index is 220. The third kappa shape index (κ3) is 0.951. The van der Waals surface area contributed by atoms with E-state index in [0.29, 0.717) is 12.8 Å². The van der Waals surface area contributed by atoms with Gasteiger partial charge in [0.2, 0.25) is 0 Å². The smallest absolute Gasteiger partial charge is 0.314 e. The second-order valence-electron chi connectivity index (χ2n) is 3.63. The maximum absolute atomic E-state index is 11.8. The van der Waals surface area contributed by atoms with Gasteiger partial charge in [0, 0.05) is 0 Å². The molecule has 0 bridgehead atoms. The highest BCUT2D eigenvalue weighted by atomic mass is 19.1. The van der Waals surface area contributed by atoms with E-state index >= 15 is 0 Å². The summed E-state index contributed by atoms with van der Waals surface area (Å²) in [6.07, 6.45) is 1.98. The predicted molar refractivity (Wildman–Crippen MR) is 38.7 cm³/mol. The van der Waals surface area contributed by atoms with Gasteiger partial charge in [-0.3, -0.25) is 4.79 Å². The third-order valence-corrected chi connectivity index (χ3v) is 2.53. The van der Waals surface area contributed by atoms with Gasteiger partial charge in [0.15, 0.2) is 0 Å². The molecular formula is C8H11FO2. The molecule has 0 spiro atoms. The first-order valence-corrected chi connectivity index (χ1v) is 3.48. The molecule has 1 aliphatic carbocycles. The van der Waals surface area contributed by atoms with Crippen LogP contribution in [0.25, 0.3) is 0 Å². The van der Waals surface area contributed by atoms with Gasteiger partial charge in [0.05, 0.1) is 11.7 Å². The van der Waals surface area contributed by atoms with Crippen molar-refractivity contribution in [3.05, 3.63) is 12.4 Å². The molecule has 0 aliphatic heterocycles. The topological polar surface area (TPSA) is 37.3 Å². The minimum absolute atomic E-state index is 0.290. The first-order chi connectivity index (χ1) is 4.96. The van der Waals surface area contributed by atoms with E-state index in [1.165, 1.54) is 0 Å². The predicted octanol–water partition coefficient (Wildman–Crippen LogP) is 1.97. The lowest BCUT2D eigenvalue weighted by Crippen LogP contribution is -2.17. The highest BCUT2D eigenvalue weighted by molar-refractivity contribution is 5.82. The van der Waals surface area contributed by atoms with Crippen molar-refractivity contribution < 1.29 is 14.3 Å². The summed E-state index contributed by atoms with van der Waals surface area (Å²) in [5, 5.41) is 8.75. The Labute approximate surface area is 64.7 Å². The number of halogens is 1. The van der Waals surface area contributed by atoms with Crippen LogP contribution in [0.15, 0.2) is 12.4 Å². The average molecular weight is 158 g/mol. The van der Waals surface area contributed by atoms with Crippen LogP contribution in [-0.4, -0.2) is 11.1 Å². The van der Waals surface area contributed by atoms with Crippen molar-refractivity contribution in [2.24, 2.45) is 10.8 Å². The van der Waals surface area contributed by atoms with E-state index in [4.69, 9.17) is 5.11 Å². The first-order valence-electron chi connectivity index (χ1n) is 3.48. The molecular weight excluding hydrogens is 147 g/mol.